The first-order chi connectivity index (χ1) is 6.68. The molecule has 2 heterocycles. The summed E-state index contributed by atoms with van der Waals surface area (Å²) in [6.45, 7) is 9.40. The van der Waals surface area contributed by atoms with Gasteiger partial charge in [-0.1, -0.05) is 0 Å². The van der Waals surface area contributed by atoms with Crippen molar-refractivity contribution in [2.45, 2.75) is 44.8 Å². The highest BCUT2D eigenvalue weighted by atomic mass is 15.3. The van der Waals surface area contributed by atoms with Gasteiger partial charge in [0, 0.05) is 37.8 Å². The third-order valence-corrected chi connectivity index (χ3v) is 3.96. The molecule has 0 aromatic heterocycles. The van der Waals surface area contributed by atoms with Gasteiger partial charge in [-0.05, 0) is 33.2 Å². The van der Waals surface area contributed by atoms with Crippen molar-refractivity contribution in [3.05, 3.63) is 0 Å². The van der Waals surface area contributed by atoms with E-state index in [9.17, 15) is 0 Å². The van der Waals surface area contributed by atoms with Crippen LogP contribution in [0.1, 0.15) is 26.7 Å². The molecule has 3 nitrogen and oxygen atoms in total. The average molecular weight is 197 g/mol. The molecule has 82 valence electrons. The highest BCUT2D eigenvalue weighted by molar-refractivity contribution is 4.89. The molecule has 3 heteroatoms. The van der Waals surface area contributed by atoms with Crippen molar-refractivity contribution < 1.29 is 0 Å². The van der Waals surface area contributed by atoms with Crippen LogP contribution in [0.4, 0.5) is 0 Å². The lowest BCUT2D eigenvalue weighted by Gasteiger charge is -2.41. The molecule has 14 heavy (non-hydrogen) atoms. The molecule has 0 radical (unpaired) electrons. The smallest absolute Gasteiger partial charge is 0.0224 e. The van der Waals surface area contributed by atoms with Crippen molar-refractivity contribution in [2.75, 3.05) is 26.2 Å². The molecular formula is C11H23N3. The van der Waals surface area contributed by atoms with E-state index in [4.69, 9.17) is 5.73 Å². The van der Waals surface area contributed by atoms with E-state index in [0.29, 0.717) is 12.1 Å². The van der Waals surface area contributed by atoms with Crippen molar-refractivity contribution in [3.8, 4) is 0 Å². The Balaban J connectivity index is 1.91. The number of nitrogens with zero attached hydrogens (tertiary/aromatic N) is 2. The van der Waals surface area contributed by atoms with Crippen LogP contribution in [0.2, 0.25) is 0 Å². The molecule has 0 spiro atoms. The van der Waals surface area contributed by atoms with E-state index < -0.39 is 0 Å². The maximum Gasteiger partial charge on any atom is 0.0224 e. The van der Waals surface area contributed by atoms with Crippen LogP contribution in [-0.2, 0) is 0 Å². The molecule has 0 amide bonds. The summed E-state index contributed by atoms with van der Waals surface area (Å²) in [4.78, 5) is 5.21. The maximum absolute atomic E-state index is 5.95. The SMILES string of the molecule is CC(N)C(C)N1CCN2CCCC2C1. The predicted molar refractivity (Wildman–Crippen MR) is 59.3 cm³/mol. The topological polar surface area (TPSA) is 32.5 Å². The van der Waals surface area contributed by atoms with E-state index in [-0.39, 0.29) is 0 Å². The predicted octanol–water partition coefficient (Wildman–Crippen LogP) is 0.502. The molecule has 0 saturated carbocycles. The van der Waals surface area contributed by atoms with Gasteiger partial charge in [-0.3, -0.25) is 9.80 Å². The van der Waals surface area contributed by atoms with E-state index in [1.165, 1.54) is 39.0 Å². The summed E-state index contributed by atoms with van der Waals surface area (Å²) in [7, 11) is 0. The minimum Gasteiger partial charge on any atom is -0.327 e. The first-order valence-corrected chi connectivity index (χ1v) is 5.92. The van der Waals surface area contributed by atoms with E-state index in [1.54, 1.807) is 0 Å². The van der Waals surface area contributed by atoms with Crippen molar-refractivity contribution in [1.82, 2.24) is 9.80 Å². The Morgan fingerprint density at radius 3 is 2.71 bits per heavy atom. The van der Waals surface area contributed by atoms with Gasteiger partial charge in [-0.2, -0.15) is 0 Å². The van der Waals surface area contributed by atoms with E-state index >= 15 is 0 Å². The number of nitrogens with two attached hydrogens (primary N) is 1. The Morgan fingerprint density at radius 1 is 1.21 bits per heavy atom. The second kappa shape index (κ2) is 4.17. The fourth-order valence-corrected chi connectivity index (χ4v) is 2.72. The summed E-state index contributed by atoms with van der Waals surface area (Å²) < 4.78 is 0. The first-order valence-electron chi connectivity index (χ1n) is 5.92. The molecule has 3 unspecified atom stereocenters. The minimum absolute atomic E-state index is 0.294. The van der Waals surface area contributed by atoms with Crippen LogP contribution in [0.3, 0.4) is 0 Å². The van der Waals surface area contributed by atoms with Crippen LogP contribution in [0.25, 0.3) is 0 Å². The average Bonchev–Trinajstić information content (AvgIpc) is 2.62. The molecule has 0 aromatic carbocycles. The first kappa shape index (κ1) is 10.4. The molecule has 2 fully saturated rings. The molecule has 0 aromatic rings. The van der Waals surface area contributed by atoms with Crippen LogP contribution in [0.15, 0.2) is 0 Å². The van der Waals surface area contributed by atoms with Gasteiger partial charge in [0.25, 0.3) is 0 Å². The van der Waals surface area contributed by atoms with Crippen LogP contribution in [0, 0.1) is 0 Å². The normalized spacial score (nSPS) is 34.1. The summed E-state index contributed by atoms with van der Waals surface area (Å²) in [6, 6.07) is 1.66. The second-order valence-electron chi connectivity index (χ2n) is 4.93. The van der Waals surface area contributed by atoms with E-state index in [1.807, 2.05) is 0 Å². The second-order valence-corrected chi connectivity index (χ2v) is 4.93. The van der Waals surface area contributed by atoms with E-state index in [2.05, 4.69) is 23.6 Å². The van der Waals surface area contributed by atoms with Gasteiger partial charge in [0.2, 0.25) is 0 Å². The molecular weight excluding hydrogens is 174 g/mol. The van der Waals surface area contributed by atoms with Crippen LogP contribution >= 0.6 is 0 Å². The summed E-state index contributed by atoms with van der Waals surface area (Å²) in [5, 5.41) is 0. The third-order valence-electron chi connectivity index (χ3n) is 3.96. The molecule has 0 aliphatic carbocycles. The molecule has 2 aliphatic heterocycles. The summed E-state index contributed by atoms with van der Waals surface area (Å²) >= 11 is 0. The van der Waals surface area contributed by atoms with Gasteiger partial charge in [0.1, 0.15) is 0 Å². The highest BCUT2D eigenvalue weighted by Crippen LogP contribution is 2.22. The van der Waals surface area contributed by atoms with Gasteiger partial charge in [-0.15, -0.1) is 0 Å². The Kier molecular flexibility index (Phi) is 3.10. The Hall–Kier alpha value is -0.120. The van der Waals surface area contributed by atoms with Gasteiger partial charge >= 0.3 is 0 Å². The number of hydrogen-bond donors (Lipinski definition) is 1. The monoisotopic (exact) mass is 197 g/mol. The van der Waals surface area contributed by atoms with Crippen molar-refractivity contribution in [3.63, 3.8) is 0 Å². The molecule has 2 rings (SSSR count). The highest BCUT2D eigenvalue weighted by Gasteiger charge is 2.32. The zero-order valence-electron chi connectivity index (χ0n) is 9.45. The lowest BCUT2D eigenvalue weighted by atomic mass is 10.1. The minimum atomic E-state index is 0.294. The maximum atomic E-state index is 5.95. The largest absolute Gasteiger partial charge is 0.327 e. The van der Waals surface area contributed by atoms with Crippen molar-refractivity contribution >= 4 is 0 Å². The Labute approximate surface area is 87.2 Å². The molecule has 2 saturated heterocycles. The number of fused-ring (bicyclic) bond motifs is 1. The lowest BCUT2D eigenvalue weighted by Crippen LogP contribution is -2.56. The van der Waals surface area contributed by atoms with Crippen molar-refractivity contribution in [2.24, 2.45) is 5.73 Å². The zero-order valence-corrected chi connectivity index (χ0v) is 9.45. The summed E-state index contributed by atoms with van der Waals surface area (Å²) in [5.74, 6) is 0. The van der Waals surface area contributed by atoms with Crippen LogP contribution < -0.4 is 5.73 Å². The quantitative estimate of drug-likeness (QED) is 0.700. The van der Waals surface area contributed by atoms with Gasteiger partial charge in [-0.25, -0.2) is 0 Å². The van der Waals surface area contributed by atoms with Crippen LogP contribution in [-0.4, -0.2) is 54.1 Å². The molecule has 0 bridgehead atoms. The van der Waals surface area contributed by atoms with Gasteiger partial charge < -0.3 is 5.73 Å². The lowest BCUT2D eigenvalue weighted by molar-refractivity contribution is 0.0703. The molecule has 3 atom stereocenters. The third kappa shape index (κ3) is 1.95. The summed E-state index contributed by atoms with van der Waals surface area (Å²) in [5.41, 5.74) is 5.95. The van der Waals surface area contributed by atoms with Gasteiger partial charge in [0.05, 0.1) is 0 Å². The van der Waals surface area contributed by atoms with Crippen molar-refractivity contribution in [1.29, 1.82) is 0 Å². The molecule has 2 aliphatic rings. The fraction of sp³-hybridized carbons (Fsp3) is 1.00. The molecule has 2 N–H and O–H groups in total. The number of rotatable bonds is 2. The van der Waals surface area contributed by atoms with E-state index in [0.717, 1.165) is 6.04 Å². The summed E-state index contributed by atoms with van der Waals surface area (Å²) in [6.07, 6.45) is 2.78. The Bertz CT molecular complexity index is 193. The standard InChI is InChI=1S/C11H23N3/c1-9(12)10(2)14-7-6-13-5-3-4-11(13)8-14/h9-11H,3-8,12H2,1-2H3. The number of hydrogen-bond acceptors (Lipinski definition) is 3. The zero-order chi connectivity index (χ0) is 10.1. The van der Waals surface area contributed by atoms with Crippen LogP contribution in [0.5, 0.6) is 0 Å². The fourth-order valence-electron chi connectivity index (χ4n) is 2.72. The van der Waals surface area contributed by atoms with Gasteiger partial charge in [0.15, 0.2) is 0 Å². The number of piperazine rings is 1. The Morgan fingerprint density at radius 2 is 2.00 bits per heavy atom.